The van der Waals surface area contributed by atoms with E-state index in [0.717, 1.165) is 5.56 Å². The number of nitrogens with one attached hydrogen (secondary N) is 1. The van der Waals surface area contributed by atoms with Crippen molar-refractivity contribution in [3.8, 4) is 5.75 Å². The topological polar surface area (TPSA) is 77.4 Å². The first-order chi connectivity index (χ1) is 12.8. The second kappa shape index (κ2) is 7.25. The van der Waals surface area contributed by atoms with Crippen molar-refractivity contribution in [3.63, 3.8) is 0 Å². The fraction of sp³-hybridized carbons (Fsp3) is 0.150. The number of carbonyl (C=O) groups excluding carboxylic acids is 2. The third kappa shape index (κ3) is 3.57. The summed E-state index contributed by atoms with van der Waals surface area (Å²) in [6, 6.07) is 12.0. The van der Waals surface area contributed by atoms with Crippen molar-refractivity contribution in [2.24, 2.45) is 7.05 Å². The van der Waals surface area contributed by atoms with Crippen LogP contribution in [-0.2, 0) is 11.8 Å². The highest BCUT2D eigenvalue weighted by Crippen LogP contribution is 2.33. The number of anilines is 1. The lowest BCUT2D eigenvalue weighted by Gasteiger charge is -2.15. The summed E-state index contributed by atoms with van der Waals surface area (Å²) < 4.78 is 6.56. The number of hydrogen-bond donors (Lipinski definition) is 1. The Kier molecular flexibility index (Phi) is 5.01. The fourth-order valence-corrected chi connectivity index (χ4v) is 3.05. The number of carbonyl (C=O) groups is 2. The largest absolute Gasteiger partial charge is 0.425 e. The summed E-state index contributed by atoms with van der Waals surface area (Å²) in [7, 11) is 1.53. The smallest absolute Gasteiger partial charge is 0.308 e. The van der Waals surface area contributed by atoms with E-state index < -0.39 is 17.4 Å². The van der Waals surface area contributed by atoms with Crippen molar-refractivity contribution < 1.29 is 14.3 Å². The monoisotopic (exact) mass is 384 g/mol. The van der Waals surface area contributed by atoms with E-state index in [1.807, 2.05) is 19.1 Å². The average molecular weight is 385 g/mol. The van der Waals surface area contributed by atoms with Crippen LogP contribution in [0.15, 0.2) is 47.3 Å². The number of aromatic nitrogens is 1. The molecule has 0 atom stereocenters. The number of esters is 1. The molecule has 0 spiro atoms. The predicted octanol–water partition coefficient (Wildman–Crippen LogP) is 3.68. The van der Waals surface area contributed by atoms with Crippen LogP contribution in [0.2, 0.25) is 5.02 Å². The van der Waals surface area contributed by atoms with Gasteiger partial charge in [0.2, 0.25) is 0 Å². The Labute approximate surface area is 160 Å². The molecular formula is C20H17ClN2O4. The molecule has 0 unspecified atom stereocenters. The van der Waals surface area contributed by atoms with Gasteiger partial charge in [-0.3, -0.25) is 14.4 Å². The summed E-state index contributed by atoms with van der Waals surface area (Å²) in [4.78, 5) is 37.3. The minimum absolute atomic E-state index is 0.143. The van der Waals surface area contributed by atoms with Crippen LogP contribution in [0.4, 0.5) is 5.69 Å². The minimum atomic E-state index is -0.683. The van der Waals surface area contributed by atoms with E-state index in [4.69, 9.17) is 16.3 Å². The van der Waals surface area contributed by atoms with Gasteiger partial charge in [-0.25, -0.2) is 0 Å². The van der Waals surface area contributed by atoms with Crippen LogP contribution in [0.1, 0.15) is 22.8 Å². The summed E-state index contributed by atoms with van der Waals surface area (Å²) in [5.74, 6) is -1.48. The molecule has 0 fully saturated rings. The molecule has 138 valence electrons. The Morgan fingerprint density at radius 3 is 2.41 bits per heavy atom. The fourth-order valence-electron chi connectivity index (χ4n) is 2.79. The predicted molar refractivity (Wildman–Crippen MR) is 105 cm³/mol. The van der Waals surface area contributed by atoms with Crippen molar-refractivity contribution in [1.29, 1.82) is 0 Å². The van der Waals surface area contributed by atoms with Gasteiger partial charge in [-0.15, -0.1) is 0 Å². The Morgan fingerprint density at radius 1 is 1.11 bits per heavy atom. The summed E-state index contributed by atoms with van der Waals surface area (Å²) >= 11 is 6.29. The standard InChI is InChI=1S/C20H17ClN2O4/c1-11-7-9-13(10-8-11)22-19(25)17-18(27-12(2)24)16-14(21)5-4-6-15(16)23(3)20(17)26/h4-10H,1-3H3,(H,22,25). The lowest BCUT2D eigenvalue weighted by Crippen LogP contribution is -2.29. The van der Waals surface area contributed by atoms with E-state index in [9.17, 15) is 14.4 Å². The van der Waals surface area contributed by atoms with E-state index in [1.165, 1.54) is 18.5 Å². The SMILES string of the molecule is CC(=O)Oc1c(C(=O)Nc2ccc(C)cc2)c(=O)n(C)c2cccc(Cl)c12. The molecule has 0 bridgehead atoms. The van der Waals surface area contributed by atoms with Gasteiger partial charge in [-0.05, 0) is 31.2 Å². The minimum Gasteiger partial charge on any atom is -0.425 e. The first-order valence-electron chi connectivity index (χ1n) is 8.17. The zero-order chi connectivity index (χ0) is 19.7. The molecule has 27 heavy (non-hydrogen) atoms. The number of amides is 1. The van der Waals surface area contributed by atoms with Crippen molar-refractivity contribution in [1.82, 2.24) is 4.57 Å². The molecule has 0 aliphatic carbocycles. The molecule has 1 N–H and O–H groups in total. The normalized spacial score (nSPS) is 10.7. The molecule has 0 saturated carbocycles. The number of hydrogen-bond acceptors (Lipinski definition) is 4. The molecular weight excluding hydrogens is 368 g/mol. The number of pyridine rings is 1. The lowest BCUT2D eigenvalue weighted by molar-refractivity contribution is -0.131. The first kappa shape index (κ1) is 18.7. The maximum atomic E-state index is 12.9. The van der Waals surface area contributed by atoms with Crippen LogP contribution in [0, 0.1) is 6.92 Å². The molecule has 2 aromatic carbocycles. The maximum Gasteiger partial charge on any atom is 0.308 e. The zero-order valence-corrected chi connectivity index (χ0v) is 15.8. The van der Waals surface area contributed by atoms with Gasteiger partial charge in [0.05, 0.1) is 15.9 Å². The van der Waals surface area contributed by atoms with Crippen LogP contribution >= 0.6 is 11.6 Å². The highest BCUT2D eigenvalue weighted by atomic mass is 35.5. The molecule has 0 aliphatic rings. The van der Waals surface area contributed by atoms with Gasteiger partial charge in [0.1, 0.15) is 5.56 Å². The van der Waals surface area contributed by atoms with Gasteiger partial charge < -0.3 is 14.6 Å². The molecule has 3 aromatic rings. The van der Waals surface area contributed by atoms with Crippen molar-refractivity contribution in [3.05, 3.63) is 69.0 Å². The Morgan fingerprint density at radius 2 is 1.78 bits per heavy atom. The Hall–Kier alpha value is -3.12. The highest BCUT2D eigenvalue weighted by Gasteiger charge is 2.25. The van der Waals surface area contributed by atoms with Gasteiger partial charge in [-0.2, -0.15) is 0 Å². The van der Waals surface area contributed by atoms with Crippen LogP contribution in [0.5, 0.6) is 5.75 Å². The van der Waals surface area contributed by atoms with Crippen LogP contribution in [-0.4, -0.2) is 16.4 Å². The molecule has 1 heterocycles. The zero-order valence-electron chi connectivity index (χ0n) is 15.0. The van der Waals surface area contributed by atoms with Gasteiger partial charge in [0.25, 0.3) is 11.5 Å². The van der Waals surface area contributed by atoms with Crippen molar-refractivity contribution >= 4 is 40.1 Å². The number of fused-ring (bicyclic) bond motifs is 1. The number of aryl methyl sites for hydroxylation is 2. The van der Waals surface area contributed by atoms with Crippen LogP contribution in [0.3, 0.4) is 0 Å². The van der Waals surface area contributed by atoms with E-state index in [1.54, 1.807) is 30.3 Å². The highest BCUT2D eigenvalue weighted by molar-refractivity contribution is 6.36. The Balaban J connectivity index is 2.24. The van der Waals surface area contributed by atoms with Gasteiger partial charge in [0, 0.05) is 19.7 Å². The van der Waals surface area contributed by atoms with Crippen molar-refractivity contribution in [2.45, 2.75) is 13.8 Å². The number of benzene rings is 2. The molecule has 3 rings (SSSR count). The first-order valence-corrected chi connectivity index (χ1v) is 8.55. The van der Waals surface area contributed by atoms with Crippen LogP contribution in [0.25, 0.3) is 10.9 Å². The van der Waals surface area contributed by atoms with Crippen molar-refractivity contribution in [2.75, 3.05) is 5.32 Å². The van der Waals surface area contributed by atoms with E-state index in [0.29, 0.717) is 16.6 Å². The van der Waals surface area contributed by atoms with E-state index in [-0.39, 0.29) is 16.3 Å². The summed E-state index contributed by atoms with van der Waals surface area (Å²) in [5.41, 5.74) is 1.12. The molecule has 0 aliphatic heterocycles. The van der Waals surface area contributed by atoms with Gasteiger partial charge >= 0.3 is 5.97 Å². The maximum absolute atomic E-state index is 12.9. The molecule has 1 aromatic heterocycles. The third-order valence-electron chi connectivity index (χ3n) is 4.11. The molecule has 0 saturated heterocycles. The lowest BCUT2D eigenvalue weighted by atomic mass is 10.1. The van der Waals surface area contributed by atoms with Crippen LogP contribution < -0.4 is 15.6 Å². The molecule has 1 amide bonds. The number of nitrogens with zero attached hydrogens (tertiary/aromatic N) is 1. The molecule has 0 radical (unpaired) electrons. The summed E-state index contributed by atoms with van der Waals surface area (Å²) in [6.07, 6.45) is 0. The summed E-state index contributed by atoms with van der Waals surface area (Å²) in [5, 5.41) is 3.26. The third-order valence-corrected chi connectivity index (χ3v) is 4.42. The molecule has 6 nitrogen and oxygen atoms in total. The Bertz CT molecular complexity index is 1120. The second-order valence-electron chi connectivity index (χ2n) is 6.12. The van der Waals surface area contributed by atoms with Gasteiger partial charge in [0.15, 0.2) is 5.75 Å². The number of halogens is 1. The van der Waals surface area contributed by atoms with Gasteiger partial charge in [-0.1, -0.05) is 35.4 Å². The summed E-state index contributed by atoms with van der Waals surface area (Å²) in [6.45, 7) is 3.12. The quantitative estimate of drug-likeness (QED) is 0.699. The van der Waals surface area contributed by atoms with E-state index >= 15 is 0 Å². The van der Waals surface area contributed by atoms with E-state index in [2.05, 4.69) is 5.32 Å². The average Bonchev–Trinajstić information content (AvgIpc) is 2.61. The number of rotatable bonds is 3. The number of ether oxygens (including phenoxy) is 1. The molecule has 7 heteroatoms. The second-order valence-corrected chi connectivity index (χ2v) is 6.52.